The van der Waals surface area contributed by atoms with Gasteiger partial charge in [-0.2, -0.15) is 0 Å². The molecule has 0 saturated carbocycles. The van der Waals surface area contributed by atoms with Crippen molar-refractivity contribution in [1.82, 2.24) is 0 Å². The summed E-state index contributed by atoms with van der Waals surface area (Å²) in [6, 6.07) is 8.08. The lowest BCUT2D eigenvalue weighted by atomic mass is 10.1. The molecule has 1 nitrogen and oxygen atoms in total. The minimum atomic E-state index is -0.267. The van der Waals surface area contributed by atoms with Crippen molar-refractivity contribution in [1.29, 1.82) is 0 Å². The van der Waals surface area contributed by atoms with E-state index in [9.17, 15) is 4.39 Å². The van der Waals surface area contributed by atoms with E-state index in [-0.39, 0.29) is 6.67 Å². The second kappa shape index (κ2) is 6.66. The number of halogens is 2. The van der Waals surface area contributed by atoms with Crippen LogP contribution in [0.15, 0.2) is 24.3 Å². The molecule has 0 saturated heterocycles. The number of anilines is 1. The first-order valence-corrected chi connectivity index (χ1v) is 5.35. The van der Waals surface area contributed by atoms with Gasteiger partial charge in [0.15, 0.2) is 0 Å². The summed E-state index contributed by atoms with van der Waals surface area (Å²) in [5.41, 5.74) is 2.27. The normalized spacial score (nSPS) is 10.1. The van der Waals surface area contributed by atoms with Crippen molar-refractivity contribution in [2.75, 3.05) is 24.4 Å². The number of nitrogens with one attached hydrogen (secondary N) is 1. The van der Waals surface area contributed by atoms with Gasteiger partial charge < -0.3 is 5.32 Å². The smallest absolute Gasteiger partial charge is 0.0911 e. The van der Waals surface area contributed by atoms with E-state index >= 15 is 0 Å². The van der Waals surface area contributed by atoms with Gasteiger partial charge in [0.1, 0.15) is 0 Å². The fourth-order valence-electron chi connectivity index (χ4n) is 1.20. The van der Waals surface area contributed by atoms with Crippen LogP contribution in [0, 0.1) is 0 Å². The van der Waals surface area contributed by atoms with Gasteiger partial charge in [0.2, 0.25) is 0 Å². The Bertz CT molecular complexity index is 248. The largest absolute Gasteiger partial charge is 0.385 e. The van der Waals surface area contributed by atoms with Crippen LogP contribution in [0.4, 0.5) is 10.1 Å². The molecule has 0 amide bonds. The molecule has 0 aliphatic heterocycles. The summed E-state index contributed by atoms with van der Waals surface area (Å²) in [5.74, 6) is 0.647. The lowest BCUT2D eigenvalue weighted by molar-refractivity contribution is 0.481. The minimum absolute atomic E-state index is 0.267. The Morgan fingerprint density at radius 2 is 1.93 bits per heavy atom. The lowest BCUT2D eigenvalue weighted by Gasteiger charge is -2.05. The molecule has 1 aromatic rings. The third kappa shape index (κ3) is 3.97. The number of alkyl halides is 2. The zero-order valence-corrected chi connectivity index (χ0v) is 8.86. The maximum absolute atomic E-state index is 11.8. The van der Waals surface area contributed by atoms with E-state index in [2.05, 4.69) is 5.32 Å². The Balaban J connectivity index is 2.38. The molecule has 78 valence electrons. The monoisotopic (exact) mass is 215 g/mol. The van der Waals surface area contributed by atoms with E-state index in [1.807, 2.05) is 24.3 Å². The highest BCUT2D eigenvalue weighted by atomic mass is 35.5. The number of benzene rings is 1. The molecule has 0 aromatic heterocycles. The van der Waals surface area contributed by atoms with Crippen LogP contribution in [0.3, 0.4) is 0 Å². The second-order valence-electron chi connectivity index (χ2n) is 3.11. The van der Waals surface area contributed by atoms with Gasteiger partial charge in [0, 0.05) is 18.1 Å². The van der Waals surface area contributed by atoms with E-state index in [1.54, 1.807) is 0 Å². The Hall–Kier alpha value is -0.760. The van der Waals surface area contributed by atoms with Crippen LogP contribution in [-0.2, 0) is 6.42 Å². The molecule has 0 fully saturated rings. The molecule has 0 aliphatic carbocycles. The van der Waals surface area contributed by atoms with Crippen LogP contribution in [0.1, 0.15) is 12.0 Å². The lowest BCUT2D eigenvalue weighted by Crippen LogP contribution is -2.01. The van der Waals surface area contributed by atoms with Crippen LogP contribution in [0.25, 0.3) is 0 Å². The minimum Gasteiger partial charge on any atom is -0.385 e. The first-order chi connectivity index (χ1) is 6.86. The molecule has 0 aliphatic rings. The molecule has 0 heterocycles. The summed E-state index contributed by atoms with van der Waals surface area (Å²) in [5, 5.41) is 3.14. The summed E-state index contributed by atoms with van der Waals surface area (Å²) in [4.78, 5) is 0. The van der Waals surface area contributed by atoms with Gasteiger partial charge in [0.25, 0.3) is 0 Å². The third-order valence-corrected chi connectivity index (χ3v) is 2.17. The fourth-order valence-corrected chi connectivity index (χ4v) is 1.42. The number of hydrogen-bond donors (Lipinski definition) is 1. The quantitative estimate of drug-likeness (QED) is 0.568. The maximum Gasteiger partial charge on any atom is 0.0911 e. The highest BCUT2D eigenvalue weighted by Crippen LogP contribution is 2.10. The Morgan fingerprint density at radius 3 is 2.50 bits per heavy atom. The molecule has 1 rings (SSSR count). The molecule has 14 heavy (non-hydrogen) atoms. The molecule has 3 heteroatoms. The molecular formula is C11H15ClFN. The molecule has 1 N–H and O–H groups in total. The topological polar surface area (TPSA) is 12.0 Å². The zero-order valence-electron chi connectivity index (χ0n) is 8.10. The molecule has 0 atom stereocenters. The predicted octanol–water partition coefficient (Wildman–Crippen LogP) is 3.24. The van der Waals surface area contributed by atoms with Crippen LogP contribution < -0.4 is 5.32 Å². The van der Waals surface area contributed by atoms with Gasteiger partial charge in [0.05, 0.1) is 6.67 Å². The van der Waals surface area contributed by atoms with Crippen LogP contribution in [0.5, 0.6) is 0 Å². The summed E-state index contributed by atoms with van der Waals surface area (Å²) >= 11 is 5.62. The van der Waals surface area contributed by atoms with Crippen molar-refractivity contribution in [3.8, 4) is 0 Å². The fraction of sp³-hybridized carbons (Fsp3) is 0.455. The van der Waals surface area contributed by atoms with Gasteiger partial charge in [-0.15, -0.1) is 11.6 Å². The standard InChI is InChI=1S/C11H15ClFN/c12-7-6-10-2-4-11(5-3-10)14-9-1-8-13/h2-5,14H,1,6-9H2. The average Bonchev–Trinajstić information content (AvgIpc) is 2.21. The summed E-state index contributed by atoms with van der Waals surface area (Å²) in [6.07, 6.45) is 1.45. The Labute approximate surface area is 89.3 Å². The highest BCUT2D eigenvalue weighted by Gasteiger charge is 1.93. The number of aryl methyl sites for hydroxylation is 1. The Morgan fingerprint density at radius 1 is 1.21 bits per heavy atom. The van der Waals surface area contributed by atoms with Crippen molar-refractivity contribution < 1.29 is 4.39 Å². The first-order valence-electron chi connectivity index (χ1n) is 4.81. The summed E-state index contributed by atoms with van der Waals surface area (Å²) in [6.45, 7) is 0.419. The van der Waals surface area contributed by atoms with Crippen molar-refractivity contribution in [3.63, 3.8) is 0 Å². The van der Waals surface area contributed by atoms with E-state index in [0.717, 1.165) is 12.1 Å². The summed E-state index contributed by atoms with van der Waals surface area (Å²) in [7, 11) is 0. The van der Waals surface area contributed by atoms with Crippen molar-refractivity contribution >= 4 is 17.3 Å². The van der Waals surface area contributed by atoms with E-state index in [1.165, 1.54) is 5.56 Å². The average molecular weight is 216 g/mol. The van der Waals surface area contributed by atoms with Crippen molar-refractivity contribution in [2.45, 2.75) is 12.8 Å². The van der Waals surface area contributed by atoms with E-state index in [0.29, 0.717) is 18.8 Å². The van der Waals surface area contributed by atoms with Crippen LogP contribution in [-0.4, -0.2) is 19.1 Å². The van der Waals surface area contributed by atoms with E-state index in [4.69, 9.17) is 11.6 Å². The summed E-state index contributed by atoms with van der Waals surface area (Å²) < 4.78 is 11.8. The SMILES string of the molecule is FCCCNc1ccc(CCCl)cc1. The maximum atomic E-state index is 11.8. The van der Waals surface area contributed by atoms with Crippen molar-refractivity contribution in [3.05, 3.63) is 29.8 Å². The van der Waals surface area contributed by atoms with Gasteiger partial charge in [-0.3, -0.25) is 4.39 Å². The third-order valence-electron chi connectivity index (χ3n) is 1.98. The van der Waals surface area contributed by atoms with E-state index < -0.39 is 0 Å². The molecule has 0 spiro atoms. The first kappa shape index (κ1) is 11.3. The van der Waals surface area contributed by atoms with Gasteiger partial charge >= 0.3 is 0 Å². The number of hydrogen-bond acceptors (Lipinski definition) is 1. The van der Waals surface area contributed by atoms with Gasteiger partial charge in [-0.25, -0.2) is 0 Å². The highest BCUT2D eigenvalue weighted by molar-refractivity contribution is 6.17. The second-order valence-corrected chi connectivity index (χ2v) is 3.48. The molecule has 0 unspecified atom stereocenters. The Kier molecular flexibility index (Phi) is 5.38. The van der Waals surface area contributed by atoms with Gasteiger partial charge in [-0.05, 0) is 30.5 Å². The van der Waals surface area contributed by atoms with Gasteiger partial charge in [-0.1, -0.05) is 12.1 Å². The molecule has 0 radical (unpaired) electrons. The zero-order chi connectivity index (χ0) is 10.2. The molecule has 0 bridgehead atoms. The van der Waals surface area contributed by atoms with Crippen molar-refractivity contribution in [2.24, 2.45) is 0 Å². The van der Waals surface area contributed by atoms with Crippen LogP contribution in [0.2, 0.25) is 0 Å². The predicted molar refractivity (Wildman–Crippen MR) is 59.9 cm³/mol. The van der Waals surface area contributed by atoms with Crippen LogP contribution >= 0.6 is 11.6 Å². The molecule has 1 aromatic carbocycles. The molecular weight excluding hydrogens is 201 g/mol. The number of rotatable bonds is 6.